The number of nitro groups is 1. The molecule has 0 aliphatic carbocycles. The molecule has 1 amide bonds. The van der Waals surface area contributed by atoms with Gasteiger partial charge in [-0.15, -0.1) is 0 Å². The molecule has 11 nitrogen and oxygen atoms in total. The van der Waals surface area contributed by atoms with Crippen LogP contribution in [0, 0.1) is 10.1 Å². The lowest BCUT2D eigenvalue weighted by Crippen LogP contribution is -2.23. The third-order valence-corrected chi connectivity index (χ3v) is 6.07. The second-order valence-corrected chi connectivity index (χ2v) is 8.68. The van der Waals surface area contributed by atoms with Crippen LogP contribution in [0.3, 0.4) is 0 Å². The Hall–Kier alpha value is -3.68. The zero-order valence-corrected chi connectivity index (χ0v) is 16.4. The zero-order valence-electron chi connectivity index (χ0n) is 14.8. The summed E-state index contributed by atoms with van der Waals surface area (Å²) >= 11 is 0.940. The second kappa shape index (κ2) is 6.98. The van der Waals surface area contributed by atoms with Crippen molar-refractivity contribution in [3.05, 3.63) is 68.0 Å². The van der Waals surface area contributed by atoms with Crippen LogP contribution in [0.5, 0.6) is 5.88 Å². The Labute approximate surface area is 172 Å². The first-order chi connectivity index (χ1) is 14.1. The minimum atomic E-state index is -3.83. The SMILES string of the molecule is NS(=O)(=O)c1ccc(Nc2nc(O)c(C3=c4cc([N+](=O)[O-])ccc4=NC3=O)s2)cc1. The van der Waals surface area contributed by atoms with Crippen molar-refractivity contribution in [2.24, 2.45) is 10.1 Å². The number of thiazole rings is 1. The van der Waals surface area contributed by atoms with E-state index < -0.39 is 26.7 Å². The van der Waals surface area contributed by atoms with Crippen LogP contribution in [0.15, 0.2) is 52.4 Å². The van der Waals surface area contributed by atoms with Crippen molar-refractivity contribution >= 4 is 49.3 Å². The van der Waals surface area contributed by atoms with Gasteiger partial charge in [-0.05, 0) is 30.3 Å². The molecule has 4 N–H and O–H groups in total. The number of nitrogens with zero attached hydrogens (tertiary/aromatic N) is 3. The van der Waals surface area contributed by atoms with Crippen molar-refractivity contribution < 1.29 is 23.2 Å². The number of primary sulfonamides is 1. The third kappa shape index (κ3) is 3.52. The Morgan fingerprint density at radius 3 is 2.50 bits per heavy atom. The molecule has 0 bridgehead atoms. The molecule has 1 aliphatic heterocycles. The molecule has 0 atom stereocenters. The summed E-state index contributed by atoms with van der Waals surface area (Å²) in [6.07, 6.45) is 0. The number of nitro benzene ring substituents is 1. The highest BCUT2D eigenvalue weighted by molar-refractivity contribution is 7.89. The van der Waals surface area contributed by atoms with E-state index >= 15 is 0 Å². The minimum absolute atomic E-state index is 0.0151. The highest BCUT2D eigenvalue weighted by Gasteiger charge is 2.26. The summed E-state index contributed by atoms with van der Waals surface area (Å²) < 4.78 is 22.6. The van der Waals surface area contributed by atoms with E-state index in [1.807, 2.05) is 0 Å². The summed E-state index contributed by atoms with van der Waals surface area (Å²) in [5.41, 5.74) is 0.265. The third-order valence-electron chi connectivity index (χ3n) is 4.17. The molecule has 3 aromatic rings. The lowest BCUT2D eigenvalue weighted by atomic mass is 10.1. The number of carbonyl (C=O) groups is 1. The molecule has 0 fully saturated rings. The zero-order chi connectivity index (χ0) is 21.6. The number of amides is 1. The van der Waals surface area contributed by atoms with E-state index in [1.165, 1.54) is 42.5 Å². The number of aromatic hydroxyl groups is 1. The number of nitrogens with two attached hydrogens (primary N) is 1. The first-order valence-corrected chi connectivity index (χ1v) is 10.5. The highest BCUT2D eigenvalue weighted by Crippen LogP contribution is 2.35. The largest absolute Gasteiger partial charge is 0.492 e. The van der Waals surface area contributed by atoms with E-state index in [9.17, 15) is 28.4 Å². The first kappa shape index (κ1) is 19.6. The van der Waals surface area contributed by atoms with Crippen molar-refractivity contribution in [2.75, 3.05) is 5.32 Å². The number of aromatic nitrogens is 1. The number of carbonyl (C=O) groups excluding carboxylic acids is 1. The van der Waals surface area contributed by atoms with E-state index in [0.29, 0.717) is 5.69 Å². The van der Waals surface area contributed by atoms with E-state index in [0.717, 1.165) is 11.3 Å². The topological polar surface area (TPSA) is 178 Å². The molecule has 2 aromatic carbocycles. The second-order valence-electron chi connectivity index (χ2n) is 6.12. The average molecular weight is 445 g/mol. The van der Waals surface area contributed by atoms with Gasteiger partial charge in [-0.25, -0.2) is 18.5 Å². The van der Waals surface area contributed by atoms with Gasteiger partial charge in [-0.2, -0.15) is 4.98 Å². The fourth-order valence-electron chi connectivity index (χ4n) is 2.82. The van der Waals surface area contributed by atoms with E-state index in [4.69, 9.17) is 5.14 Å². The summed E-state index contributed by atoms with van der Waals surface area (Å²) in [6.45, 7) is 0. The minimum Gasteiger partial charge on any atom is -0.492 e. The quantitative estimate of drug-likeness (QED) is 0.375. The maximum absolute atomic E-state index is 12.4. The Morgan fingerprint density at radius 1 is 1.17 bits per heavy atom. The molecule has 0 unspecified atom stereocenters. The number of sulfonamides is 1. The maximum Gasteiger partial charge on any atom is 0.279 e. The van der Waals surface area contributed by atoms with Crippen LogP contribution < -0.4 is 21.0 Å². The average Bonchev–Trinajstić information content (AvgIpc) is 3.18. The Balaban J connectivity index is 1.73. The predicted molar refractivity (Wildman–Crippen MR) is 106 cm³/mol. The number of hydrogen-bond acceptors (Lipinski definition) is 9. The molecule has 30 heavy (non-hydrogen) atoms. The Bertz CT molecular complexity index is 1440. The van der Waals surface area contributed by atoms with E-state index in [-0.39, 0.29) is 36.7 Å². The van der Waals surface area contributed by atoms with Gasteiger partial charge in [0.25, 0.3) is 11.6 Å². The van der Waals surface area contributed by atoms with Crippen LogP contribution >= 0.6 is 11.3 Å². The van der Waals surface area contributed by atoms with Gasteiger partial charge in [-0.3, -0.25) is 14.9 Å². The summed E-state index contributed by atoms with van der Waals surface area (Å²) in [5, 5.41) is 30.0. The number of benzene rings is 2. The van der Waals surface area contributed by atoms with Crippen LogP contribution in [-0.2, 0) is 14.8 Å². The molecule has 1 aromatic heterocycles. The number of fused-ring (bicyclic) bond motifs is 1. The number of non-ortho nitro benzene ring substituents is 1. The molecule has 0 radical (unpaired) electrons. The smallest absolute Gasteiger partial charge is 0.279 e. The van der Waals surface area contributed by atoms with Gasteiger partial charge in [0.2, 0.25) is 15.9 Å². The van der Waals surface area contributed by atoms with Gasteiger partial charge >= 0.3 is 0 Å². The molecular formula is C17H11N5O6S2. The normalized spacial score (nSPS) is 13.1. The summed E-state index contributed by atoms with van der Waals surface area (Å²) in [6, 6.07) is 9.34. The molecule has 2 heterocycles. The molecule has 0 spiro atoms. The number of anilines is 2. The molecule has 0 saturated heterocycles. The fourth-order valence-corrected chi connectivity index (χ4v) is 4.26. The summed E-state index contributed by atoms with van der Waals surface area (Å²) in [7, 11) is -3.83. The van der Waals surface area contributed by atoms with Crippen LogP contribution in [0.2, 0.25) is 0 Å². The maximum atomic E-state index is 12.4. The Kier molecular flexibility index (Phi) is 4.57. The van der Waals surface area contributed by atoms with E-state index in [2.05, 4.69) is 15.3 Å². The lowest BCUT2D eigenvalue weighted by molar-refractivity contribution is -0.385. The lowest BCUT2D eigenvalue weighted by Gasteiger charge is -2.03. The van der Waals surface area contributed by atoms with Crippen molar-refractivity contribution in [3.8, 4) is 5.88 Å². The van der Waals surface area contributed by atoms with Gasteiger partial charge < -0.3 is 10.4 Å². The van der Waals surface area contributed by atoms with Crippen LogP contribution in [0.1, 0.15) is 4.88 Å². The highest BCUT2D eigenvalue weighted by atomic mass is 32.2. The monoisotopic (exact) mass is 445 g/mol. The van der Waals surface area contributed by atoms with Crippen LogP contribution in [0.25, 0.3) is 5.57 Å². The number of rotatable bonds is 5. The number of hydrogen-bond donors (Lipinski definition) is 3. The predicted octanol–water partition coefficient (Wildman–Crippen LogP) is 0.507. The fraction of sp³-hybridized carbons (Fsp3) is 0. The van der Waals surface area contributed by atoms with Gasteiger partial charge in [0, 0.05) is 23.0 Å². The van der Waals surface area contributed by atoms with Crippen molar-refractivity contribution in [1.29, 1.82) is 0 Å². The summed E-state index contributed by atoms with van der Waals surface area (Å²) in [5.74, 6) is -1.09. The van der Waals surface area contributed by atoms with Crippen LogP contribution in [0.4, 0.5) is 16.5 Å². The van der Waals surface area contributed by atoms with Gasteiger partial charge in [0.15, 0.2) is 5.13 Å². The van der Waals surface area contributed by atoms with Crippen molar-refractivity contribution in [2.45, 2.75) is 4.90 Å². The molecule has 4 rings (SSSR count). The Morgan fingerprint density at radius 2 is 1.87 bits per heavy atom. The molecular weight excluding hydrogens is 434 g/mol. The van der Waals surface area contributed by atoms with Gasteiger partial charge in [0.1, 0.15) is 4.88 Å². The van der Waals surface area contributed by atoms with Gasteiger partial charge in [-0.1, -0.05) is 11.3 Å². The van der Waals surface area contributed by atoms with Crippen molar-refractivity contribution in [3.63, 3.8) is 0 Å². The number of nitrogens with one attached hydrogen (secondary N) is 1. The van der Waals surface area contributed by atoms with Gasteiger partial charge in [0.05, 0.1) is 20.7 Å². The molecule has 152 valence electrons. The first-order valence-electron chi connectivity index (χ1n) is 8.15. The molecule has 0 saturated carbocycles. The van der Waals surface area contributed by atoms with Crippen molar-refractivity contribution in [1.82, 2.24) is 4.98 Å². The van der Waals surface area contributed by atoms with Crippen LogP contribution in [-0.4, -0.2) is 29.3 Å². The summed E-state index contributed by atoms with van der Waals surface area (Å²) in [4.78, 5) is 30.7. The van der Waals surface area contributed by atoms with E-state index in [1.54, 1.807) is 0 Å². The standard InChI is InChI=1S/C17H11N5O6S2/c18-30(27,28)10-4-1-8(2-5-10)19-17-21-16(24)14(29-17)13-11-7-9(22(25)26)3-6-12(11)20-15(13)23/h1-7,24H,(H,19,21)(H2,18,27,28). The molecule has 1 aliphatic rings. The molecule has 13 heteroatoms.